The minimum Gasteiger partial charge on any atom is -0.366 e. The first kappa shape index (κ1) is 10.8. The zero-order valence-electron chi connectivity index (χ0n) is 8.78. The van der Waals surface area contributed by atoms with Crippen molar-refractivity contribution in [3.8, 4) is 0 Å². The van der Waals surface area contributed by atoms with E-state index in [1.54, 1.807) is 12.4 Å². The Balaban J connectivity index is 1.92. The van der Waals surface area contributed by atoms with Gasteiger partial charge in [-0.05, 0) is 48.9 Å². The molecule has 5 heteroatoms. The van der Waals surface area contributed by atoms with Crippen LogP contribution in [0.5, 0.6) is 0 Å². The summed E-state index contributed by atoms with van der Waals surface area (Å²) in [6.45, 7) is 2.30. The summed E-state index contributed by atoms with van der Waals surface area (Å²) in [6, 6.07) is 0.532. The molecule has 1 aliphatic heterocycles. The second-order valence-corrected chi connectivity index (χ2v) is 4.76. The van der Waals surface area contributed by atoms with Gasteiger partial charge in [0, 0.05) is 6.04 Å². The van der Waals surface area contributed by atoms with E-state index >= 15 is 0 Å². The summed E-state index contributed by atoms with van der Waals surface area (Å²) in [6.07, 6.45) is 5.80. The fourth-order valence-corrected chi connectivity index (χ4v) is 2.08. The molecule has 1 aromatic heterocycles. The van der Waals surface area contributed by atoms with Gasteiger partial charge in [0.2, 0.25) is 0 Å². The van der Waals surface area contributed by atoms with E-state index < -0.39 is 0 Å². The van der Waals surface area contributed by atoms with Crippen LogP contribution in [0.1, 0.15) is 12.8 Å². The Hall–Kier alpha value is -0.680. The van der Waals surface area contributed by atoms with Gasteiger partial charge in [-0.1, -0.05) is 0 Å². The van der Waals surface area contributed by atoms with Gasteiger partial charge in [0.25, 0.3) is 0 Å². The van der Waals surface area contributed by atoms with Crippen LogP contribution in [0.4, 0.5) is 5.82 Å². The summed E-state index contributed by atoms with van der Waals surface area (Å²) in [7, 11) is 2.16. The Morgan fingerprint density at radius 1 is 1.40 bits per heavy atom. The summed E-state index contributed by atoms with van der Waals surface area (Å²) in [5.41, 5.74) is 0. The molecule has 0 unspecified atom stereocenters. The third-order valence-electron chi connectivity index (χ3n) is 2.68. The SMILES string of the molecule is CN1CCC(Nc2cncc(Br)n2)CC1. The molecular formula is C10H15BrN4. The van der Waals surface area contributed by atoms with Gasteiger partial charge >= 0.3 is 0 Å². The van der Waals surface area contributed by atoms with Crippen LogP contribution in [-0.2, 0) is 0 Å². The van der Waals surface area contributed by atoms with Gasteiger partial charge in [0.1, 0.15) is 10.4 Å². The van der Waals surface area contributed by atoms with Crippen LogP contribution < -0.4 is 5.32 Å². The van der Waals surface area contributed by atoms with Crippen LogP contribution >= 0.6 is 15.9 Å². The Morgan fingerprint density at radius 3 is 2.80 bits per heavy atom. The highest BCUT2D eigenvalue weighted by Crippen LogP contribution is 2.14. The average molecular weight is 271 g/mol. The molecule has 1 aliphatic rings. The minimum atomic E-state index is 0.532. The van der Waals surface area contributed by atoms with E-state index in [2.05, 4.69) is 43.2 Å². The van der Waals surface area contributed by atoms with Crippen molar-refractivity contribution >= 4 is 21.7 Å². The fraction of sp³-hybridized carbons (Fsp3) is 0.600. The lowest BCUT2D eigenvalue weighted by Crippen LogP contribution is -2.36. The monoisotopic (exact) mass is 270 g/mol. The first-order valence-electron chi connectivity index (χ1n) is 5.16. The van der Waals surface area contributed by atoms with Crippen molar-refractivity contribution in [2.24, 2.45) is 0 Å². The van der Waals surface area contributed by atoms with Crippen LogP contribution in [0.15, 0.2) is 17.0 Å². The fourth-order valence-electron chi connectivity index (χ4n) is 1.77. The highest BCUT2D eigenvalue weighted by Gasteiger charge is 2.16. The minimum absolute atomic E-state index is 0.532. The lowest BCUT2D eigenvalue weighted by Gasteiger charge is -2.29. The zero-order chi connectivity index (χ0) is 10.7. The van der Waals surface area contributed by atoms with Gasteiger partial charge < -0.3 is 10.2 Å². The van der Waals surface area contributed by atoms with Crippen LogP contribution in [0, 0.1) is 0 Å². The van der Waals surface area contributed by atoms with E-state index in [0.29, 0.717) is 6.04 Å². The zero-order valence-corrected chi connectivity index (χ0v) is 10.4. The number of likely N-dealkylation sites (tertiary alicyclic amines) is 1. The first-order chi connectivity index (χ1) is 7.24. The van der Waals surface area contributed by atoms with E-state index in [4.69, 9.17) is 0 Å². The summed E-state index contributed by atoms with van der Waals surface area (Å²) >= 11 is 3.31. The molecule has 0 bridgehead atoms. The molecule has 82 valence electrons. The quantitative estimate of drug-likeness (QED) is 0.889. The third-order valence-corrected chi connectivity index (χ3v) is 3.06. The third kappa shape index (κ3) is 3.14. The highest BCUT2D eigenvalue weighted by molar-refractivity contribution is 9.10. The maximum atomic E-state index is 4.32. The number of rotatable bonds is 2. The van der Waals surface area contributed by atoms with Gasteiger partial charge in [-0.2, -0.15) is 0 Å². The number of anilines is 1. The molecule has 1 aromatic rings. The number of halogens is 1. The molecule has 0 amide bonds. The smallest absolute Gasteiger partial charge is 0.146 e. The Labute approximate surface area is 98.2 Å². The number of nitrogens with zero attached hydrogens (tertiary/aromatic N) is 3. The topological polar surface area (TPSA) is 41.0 Å². The van der Waals surface area contributed by atoms with Gasteiger partial charge in [0.05, 0.1) is 12.4 Å². The van der Waals surface area contributed by atoms with E-state index in [1.807, 2.05) is 0 Å². The van der Waals surface area contributed by atoms with E-state index in [9.17, 15) is 0 Å². The standard InChI is InChI=1S/C10H15BrN4/c1-15-4-2-8(3-5-15)13-10-7-12-6-9(11)14-10/h6-8H,2-5H2,1H3,(H,13,14). The largest absolute Gasteiger partial charge is 0.366 e. The molecule has 0 aliphatic carbocycles. The van der Waals surface area contributed by atoms with Crippen LogP contribution in [0.3, 0.4) is 0 Å². The predicted octanol–water partition coefficient (Wildman–Crippen LogP) is 1.75. The number of nitrogens with one attached hydrogen (secondary N) is 1. The van der Waals surface area contributed by atoms with Crippen molar-refractivity contribution in [2.45, 2.75) is 18.9 Å². The van der Waals surface area contributed by atoms with Crippen molar-refractivity contribution in [1.82, 2.24) is 14.9 Å². The lowest BCUT2D eigenvalue weighted by molar-refractivity contribution is 0.263. The second kappa shape index (κ2) is 4.90. The highest BCUT2D eigenvalue weighted by atomic mass is 79.9. The van der Waals surface area contributed by atoms with Gasteiger partial charge in [-0.3, -0.25) is 4.98 Å². The average Bonchev–Trinajstić information content (AvgIpc) is 2.22. The summed E-state index contributed by atoms with van der Waals surface area (Å²) in [4.78, 5) is 10.8. The summed E-state index contributed by atoms with van der Waals surface area (Å²) in [5.74, 6) is 0.860. The molecule has 2 rings (SSSR count). The van der Waals surface area contributed by atoms with Crippen molar-refractivity contribution in [2.75, 3.05) is 25.5 Å². The molecule has 4 nitrogen and oxygen atoms in total. The van der Waals surface area contributed by atoms with Gasteiger partial charge in [0.15, 0.2) is 0 Å². The Morgan fingerprint density at radius 2 is 2.13 bits per heavy atom. The first-order valence-corrected chi connectivity index (χ1v) is 5.96. The van der Waals surface area contributed by atoms with Crippen molar-refractivity contribution < 1.29 is 0 Å². The summed E-state index contributed by atoms with van der Waals surface area (Å²) < 4.78 is 0.778. The number of hydrogen-bond donors (Lipinski definition) is 1. The normalized spacial score (nSPS) is 19.1. The van der Waals surface area contributed by atoms with Crippen LogP contribution in [-0.4, -0.2) is 41.0 Å². The van der Waals surface area contributed by atoms with E-state index in [-0.39, 0.29) is 0 Å². The van der Waals surface area contributed by atoms with Gasteiger partial charge in [-0.25, -0.2) is 4.98 Å². The Bertz CT molecular complexity index is 323. The molecule has 15 heavy (non-hydrogen) atoms. The maximum Gasteiger partial charge on any atom is 0.146 e. The molecule has 2 heterocycles. The number of piperidine rings is 1. The Kier molecular flexibility index (Phi) is 3.53. The molecule has 0 saturated carbocycles. The molecule has 1 fully saturated rings. The molecular weight excluding hydrogens is 256 g/mol. The van der Waals surface area contributed by atoms with E-state index in [1.165, 1.54) is 12.8 Å². The molecule has 0 atom stereocenters. The molecule has 1 N–H and O–H groups in total. The van der Waals surface area contributed by atoms with Crippen LogP contribution in [0.2, 0.25) is 0 Å². The predicted molar refractivity (Wildman–Crippen MR) is 63.9 cm³/mol. The van der Waals surface area contributed by atoms with Crippen molar-refractivity contribution in [3.05, 3.63) is 17.0 Å². The molecule has 1 saturated heterocycles. The van der Waals surface area contributed by atoms with Crippen molar-refractivity contribution in [1.29, 1.82) is 0 Å². The molecule has 0 spiro atoms. The lowest BCUT2D eigenvalue weighted by atomic mass is 10.1. The summed E-state index contributed by atoms with van der Waals surface area (Å²) in [5, 5.41) is 3.41. The van der Waals surface area contributed by atoms with Gasteiger partial charge in [-0.15, -0.1) is 0 Å². The number of hydrogen-bond acceptors (Lipinski definition) is 4. The maximum absolute atomic E-state index is 4.32. The second-order valence-electron chi connectivity index (χ2n) is 3.95. The number of aromatic nitrogens is 2. The van der Waals surface area contributed by atoms with Crippen molar-refractivity contribution in [3.63, 3.8) is 0 Å². The molecule has 0 radical (unpaired) electrons. The van der Waals surface area contributed by atoms with Crippen LogP contribution in [0.25, 0.3) is 0 Å². The van der Waals surface area contributed by atoms with E-state index in [0.717, 1.165) is 23.5 Å². The molecule has 0 aromatic carbocycles.